The molecule has 1 aliphatic heterocycles. The van der Waals surface area contributed by atoms with Gasteiger partial charge in [-0.3, -0.25) is 4.79 Å². The molecule has 0 fully saturated rings. The van der Waals surface area contributed by atoms with Gasteiger partial charge in [0.05, 0.1) is 5.92 Å². The number of para-hydroxylation sites is 1. The van der Waals surface area contributed by atoms with E-state index in [2.05, 4.69) is 0 Å². The molecule has 1 aromatic rings. The third-order valence-electron chi connectivity index (χ3n) is 2.54. The third-order valence-corrected chi connectivity index (χ3v) is 2.54. The molecule has 1 atom stereocenters. The Hall–Kier alpha value is -1.35. The van der Waals surface area contributed by atoms with Crippen molar-refractivity contribution in [2.75, 3.05) is 19.8 Å². The van der Waals surface area contributed by atoms with Gasteiger partial charge in [-0.25, -0.2) is 0 Å². The molecule has 1 unspecified atom stereocenters. The lowest BCUT2D eigenvalue weighted by Crippen LogP contribution is -2.19. The molecule has 1 heterocycles. The molecule has 0 saturated heterocycles. The van der Waals surface area contributed by atoms with Crippen LogP contribution in [0.15, 0.2) is 24.3 Å². The Labute approximate surface area is 89.0 Å². The van der Waals surface area contributed by atoms with Gasteiger partial charge in [0, 0.05) is 12.2 Å². The van der Waals surface area contributed by atoms with Crippen LogP contribution in [0.5, 0.6) is 5.75 Å². The molecule has 0 radical (unpaired) electrons. The molecule has 15 heavy (non-hydrogen) atoms. The Morgan fingerprint density at radius 1 is 1.53 bits per heavy atom. The van der Waals surface area contributed by atoms with Crippen LogP contribution >= 0.6 is 0 Å². The van der Waals surface area contributed by atoms with Crippen molar-refractivity contribution in [1.29, 1.82) is 0 Å². The molecular weight excluding hydrogens is 192 g/mol. The first-order valence-corrected chi connectivity index (χ1v) is 5.15. The fourth-order valence-electron chi connectivity index (χ4n) is 1.73. The van der Waals surface area contributed by atoms with E-state index in [1.54, 1.807) is 0 Å². The maximum atomic E-state index is 11.8. The molecule has 0 bridgehead atoms. The van der Waals surface area contributed by atoms with Crippen molar-refractivity contribution in [3.63, 3.8) is 0 Å². The van der Waals surface area contributed by atoms with Crippen molar-refractivity contribution in [2.45, 2.75) is 12.8 Å². The first kappa shape index (κ1) is 10.2. The average Bonchev–Trinajstić information content (AvgIpc) is 2.69. The van der Waals surface area contributed by atoms with E-state index in [1.807, 2.05) is 31.2 Å². The number of benzene rings is 1. The fourth-order valence-corrected chi connectivity index (χ4v) is 1.73. The summed E-state index contributed by atoms with van der Waals surface area (Å²) >= 11 is 0. The maximum Gasteiger partial charge on any atom is 0.169 e. The van der Waals surface area contributed by atoms with E-state index in [4.69, 9.17) is 9.47 Å². The number of carbonyl (C=O) groups is 1. The Morgan fingerprint density at radius 3 is 3.13 bits per heavy atom. The Kier molecular flexibility index (Phi) is 3.02. The summed E-state index contributed by atoms with van der Waals surface area (Å²) in [6, 6.07) is 7.67. The minimum atomic E-state index is -0.146. The standard InChI is InChI=1S/C12H14O3/c1-2-14-8-11(13)10-7-15-12-6-4-3-5-9(10)12/h3-6,10H,2,7-8H2,1H3. The smallest absolute Gasteiger partial charge is 0.169 e. The predicted molar refractivity (Wildman–Crippen MR) is 56.2 cm³/mol. The minimum Gasteiger partial charge on any atom is -0.492 e. The van der Waals surface area contributed by atoms with Gasteiger partial charge in [0.1, 0.15) is 19.0 Å². The van der Waals surface area contributed by atoms with Crippen LogP contribution in [0, 0.1) is 0 Å². The molecule has 80 valence electrons. The monoisotopic (exact) mass is 206 g/mol. The first-order chi connectivity index (χ1) is 7.33. The van der Waals surface area contributed by atoms with Gasteiger partial charge >= 0.3 is 0 Å². The molecule has 1 aromatic carbocycles. The molecule has 0 aliphatic carbocycles. The molecule has 0 spiro atoms. The number of fused-ring (bicyclic) bond motifs is 1. The van der Waals surface area contributed by atoms with Crippen LogP contribution in [-0.4, -0.2) is 25.6 Å². The Bertz CT molecular complexity index is 360. The van der Waals surface area contributed by atoms with Gasteiger partial charge in [0.25, 0.3) is 0 Å². The van der Waals surface area contributed by atoms with E-state index in [9.17, 15) is 4.79 Å². The molecule has 2 rings (SSSR count). The minimum absolute atomic E-state index is 0.0989. The SMILES string of the molecule is CCOCC(=O)C1COc2ccccc21. The Balaban J connectivity index is 2.10. The lowest BCUT2D eigenvalue weighted by molar-refractivity contribution is -0.125. The maximum absolute atomic E-state index is 11.8. The summed E-state index contributed by atoms with van der Waals surface area (Å²) in [6.07, 6.45) is 0. The summed E-state index contributed by atoms with van der Waals surface area (Å²) in [5, 5.41) is 0. The molecule has 3 nitrogen and oxygen atoms in total. The van der Waals surface area contributed by atoms with Crippen molar-refractivity contribution in [2.24, 2.45) is 0 Å². The summed E-state index contributed by atoms with van der Waals surface area (Å²) in [6.45, 7) is 3.08. The van der Waals surface area contributed by atoms with E-state index in [1.165, 1.54) is 0 Å². The highest BCUT2D eigenvalue weighted by Gasteiger charge is 2.29. The van der Waals surface area contributed by atoms with E-state index in [0.717, 1.165) is 11.3 Å². The van der Waals surface area contributed by atoms with Crippen LogP contribution in [0.1, 0.15) is 18.4 Å². The van der Waals surface area contributed by atoms with Crippen LogP contribution in [0.3, 0.4) is 0 Å². The highest BCUT2D eigenvalue weighted by molar-refractivity contribution is 5.88. The summed E-state index contributed by atoms with van der Waals surface area (Å²) in [7, 11) is 0. The molecule has 0 N–H and O–H groups in total. The number of ketones is 1. The molecular formula is C12H14O3. The lowest BCUT2D eigenvalue weighted by Gasteiger charge is -2.07. The zero-order valence-corrected chi connectivity index (χ0v) is 8.73. The van der Waals surface area contributed by atoms with Gasteiger partial charge in [-0.05, 0) is 13.0 Å². The van der Waals surface area contributed by atoms with Gasteiger partial charge in [0.15, 0.2) is 5.78 Å². The van der Waals surface area contributed by atoms with E-state index >= 15 is 0 Å². The van der Waals surface area contributed by atoms with Crippen molar-refractivity contribution >= 4 is 5.78 Å². The van der Waals surface area contributed by atoms with E-state index in [-0.39, 0.29) is 18.3 Å². The second-order valence-corrected chi connectivity index (χ2v) is 3.50. The molecule has 0 amide bonds. The Morgan fingerprint density at radius 2 is 2.33 bits per heavy atom. The quantitative estimate of drug-likeness (QED) is 0.753. The third kappa shape index (κ3) is 2.02. The summed E-state index contributed by atoms with van der Waals surface area (Å²) in [5.74, 6) is 0.780. The van der Waals surface area contributed by atoms with Gasteiger partial charge < -0.3 is 9.47 Å². The van der Waals surface area contributed by atoms with E-state index < -0.39 is 0 Å². The predicted octanol–water partition coefficient (Wildman–Crippen LogP) is 1.77. The van der Waals surface area contributed by atoms with Crippen molar-refractivity contribution < 1.29 is 14.3 Å². The number of hydrogen-bond acceptors (Lipinski definition) is 3. The van der Waals surface area contributed by atoms with Gasteiger partial charge in [-0.1, -0.05) is 18.2 Å². The van der Waals surface area contributed by atoms with Crippen LogP contribution in [0.2, 0.25) is 0 Å². The second kappa shape index (κ2) is 4.45. The molecule has 3 heteroatoms. The van der Waals surface area contributed by atoms with Crippen LogP contribution < -0.4 is 4.74 Å². The van der Waals surface area contributed by atoms with Crippen LogP contribution in [-0.2, 0) is 9.53 Å². The van der Waals surface area contributed by atoms with Crippen LogP contribution in [0.4, 0.5) is 0 Å². The first-order valence-electron chi connectivity index (χ1n) is 5.15. The average molecular weight is 206 g/mol. The highest BCUT2D eigenvalue weighted by Crippen LogP contribution is 2.33. The normalized spacial score (nSPS) is 18.3. The van der Waals surface area contributed by atoms with Crippen molar-refractivity contribution in [3.05, 3.63) is 29.8 Å². The molecule has 0 aromatic heterocycles. The summed E-state index contributed by atoms with van der Waals surface area (Å²) in [5.41, 5.74) is 0.988. The number of carbonyl (C=O) groups excluding carboxylic acids is 1. The zero-order valence-electron chi connectivity index (χ0n) is 8.73. The fraction of sp³-hybridized carbons (Fsp3) is 0.417. The van der Waals surface area contributed by atoms with Crippen molar-refractivity contribution in [1.82, 2.24) is 0 Å². The summed E-state index contributed by atoms with van der Waals surface area (Å²) in [4.78, 5) is 11.8. The largest absolute Gasteiger partial charge is 0.492 e. The molecule has 0 saturated carbocycles. The summed E-state index contributed by atoms with van der Waals surface area (Å²) < 4.78 is 10.6. The van der Waals surface area contributed by atoms with Gasteiger partial charge in [-0.2, -0.15) is 0 Å². The van der Waals surface area contributed by atoms with Crippen LogP contribution in [0.25, 0.3) is 0 Å². The zero-order chi connectivity index (χ0) is 10.7. The highest BCUT2D eigenvalue weighted by atomic mass is 16.5. The number of hydrogen-bond donors (Lipinski definition) is 0. The second-order valence-electron chi connectivity index (χ2n) is 3.50. The molecule has 1 aliphatic rings. The van der Waals surface area contributed by atoms with E-state index in [0.29, 0.717) is 13.2 Å². The lowest BCUT2D eigenvalue weighted by atomic mass is 9.97. The number of ether oxygens (including phenoxy) is 2. The topological polar surface area (TPSA) is 35.5 Å². The van der Waals surface area contributed by atoms with Crippen molar-refractivity contribution in [3.8, 4) is 5.75 Å². The number of rotatable bonds is 4. The van der Waals surface area contributed by atoms with Gasteiger partial charge in [0.2, 0.25) is 0 Å². The number of Topliss-reactive ketones (excluding diaryl/α,β-unsaturated/α-hetero) is 1. The van der Waals surface area contributed by atoms with Gasteiger partial charge in [-0.15, -0.1) is 0 Å².